The summed E-state index contributed by atoms with van der Waals surface area (Å²) in [6, 6.07) is 0. The SMILES string of the molecule is CN1COC=CN1. The number of hydrogen-bond acceptors (Lipinski definition) is 3. The molecule has 7 heavy (non-hydrogen) atoms. The second-order valence-corrected chi connectivity index (χ2v) is 1.43. The minimum absolute atomic E-state index is 0.622. The number of ether oxygens (including phenoxy) is 1. The fourth-order valence-corrected chi connectivity index (χ4v) is 0.398. The Hall–Kier alpha value is -0.700. The molecule has 1 aliphatic rings. The third-order valence-corrected chi connectivity index (χ3v) is 0.727. The van der Waals surface area contributed by atoms with Crippen LogP contribution in [0, 0.1) is 0 Å². The van der Waals surface area contributed by atoms with Crippen LogP contribution in [0.5, 0.6) is 0 Å². The fourth-order valence-electron chi connectivity index (χ4n) is 0.398. The highest BCUT2D eigenvalue weighted by molar-refractivity contribution is 4.70. The molecule has 0 radical (unpaired) electrons. The number of hydrazine groups is 1. The third-order valence-electron chi connectivity index (χ3n) is 0.727. The second-order valence-electron chi connectivity index (χ2n) is 1.43. The highest BCUT2D eigenvalue weighted by Crippen LogP contribution is 1.85. The first-order valence-electron chi connectivity index (χ1n) is 2.13. The quantitative estimate of drug-likeness (QED) is 0.459. The summed E-state index contributed by atoms with van der Waals surface area (Å²) in [5.74, 6) is 0. The zero-order chi connectivity index (χ0) is 5.11. The van der Waals surface area contributed by atoms with Gasteiger partial charge in [0.25, 0.3) is 0 Å². The molecule has 0 aromatic carbocycles. The molecule has 0 aliphatic carbocycles. The van der Waals surface area contributed by atoms with Crippen LogP contribution in [0.3, 0.4) is 0 Å². The van der Waals surface area contributed by atoms with Gasteiger partial charge >= 0.3 is 0 Å². The predicted molar refractivity (Wildman–Crippen MR) is 26.0 cm³/mol. The van der Waals surface area contributed by atoms with Gasteiger partial charge in [0.1, 0.15) is 6.26 Å². The molecule has 0 bridgehead atoms. The molecular weight excluding hydrogens is 92.1 g/mol. The molecule has 3 heteroatoms. The van der Waals surface area contributed by atoms with Crippen molar-refractivity contribution in [2.45, 2.75) is 0 Å². The lowest BCUT2D eigenvalue weighted by Crippen LogP contribution is -2.34. The molecule has 0 amide bonds. The number of rotatable bonds is 0. The van der Waals surface area contributed by atoms with E-state index in [-0.39, 0.29) is 0 Å². The van der Waals surface area contributed by atoms with Crippen LogP contribution in [0.2, 0.25) is 0 Å². The lowest BCUT2D eigenvalue weighted by atomic mass is 10.9. The first kappa shape index (κ1) is 4.46. The summed E-state index contributed by atoms with van der Waals surface area (Å²) in [6.07, 6.45) is 3.36. The summed E-state index contributed by atoms with van der Waals surface area (Å²) in [5, 5.41) is 1.83. The van der Waals surface area contributed by atoms with Gasteiger partial charge in [0.2, 0.25) is 0 Å². The van der Waals surface area contributed by atoms with E-state index in [1.54, 1.807) is 12.5 Å². The van der Waals surface area contributed by atoms with E-state index in [4.69, 9.17) is 4.74 Å². The van der Waals surface area contributed by atoms with Gasteiger partial charge in [-0.1, -0.05) is 0 Å². The van der Waals surface area contributed by atoms with Crippen LogP contribution in [0.25, 0.3) is 0 Å². The molecule has 1 aliphatic heterocycles. The third kappa shape index (κ3) is 1.08. The molecule has 3 nitrogen and oxygen atoms in total. The van der Waals surface area contributed by atoms with Crippen LogP contribution >= 0.6 is 0 Å². The smallest absolute Gasteiger partial charge is 0.157 e. The monoisotopic (exact) mass is 100 g/mol. The van der Waals surface area contributed by atoms with Crippen molar-refractivity contribution in [3.8, 4) is 0 Å². The summed E-state index contributed by atoms with van der Waals surface area (Å²) in [4.78, 5) is 0. The molecule has 1 rings (SSSR count). The van der Waals surface area contributed by atoms with Gasteiger partial charge in [-0.3, -0.25) is 0 Å². The molecule has 0 unspecified atom stereocenters. The van der Waals surface area contributed by atoms with E-state index in [1.165, 1.54) is 0 Å². The average Bonchev–Trinajstić information content (AvgIpc) is 1.69. The first-order valence-corrected chi connectivity index (χ1v) is 2.13. The van der Waals surface area contributed by atoms with Gasteiger partial charge in [-0.05, 0) is 0 Å². The van der Waals surface area contributed by atoms with Gasteiger partial charge in [-0.15, -0.1) is 0 Å². The van der Waals surface area contributed by atoms with E-state index in [9.17, 15) is 0 Å². The van der Waals surface area contributed by atoms with E-state index in [2.05, 4.69) is 5.43 Å². The molecule has 40 valence electrons. The van der Waals surface area contributed by atoms with Crippen molar-refractivity contribution in [2.75, 3.05) is 13.8 Å². The van der Waals surface area contributed by atoms with Gasteiger partial charge in [-0.25, -0.2) is 0 Å². The molecule has 0 fully saturated rings. The Bertz CT molecular complexity index is 81.8. The minimum atomic E-state index is 0.622. The van der Waals surface area contributed by atoms with Crippen molar-refractivity contribution >= 4 is 0 Å². The highest BCUT2D eigenvalue weighted by atomic mass is 16.5. The van der Waals surface area contributed by atoms with E-state index in [1.807, 2.05) is 12.1 Å². The average molecular weight is 100 g/mol. The van der Waals surface area contributed by atoms with Crippen LogP contribution < -0.4 is 5.43 Å². The molecule has 0 aromatic rings. The van der Waals surface area contributed by atoms with Crippen molar-refractivity contribution in [3.63, 3.8) is 0 Å². The molecule has 1 N–H and O–H groups in total. The standard InChI is InChI=1S/C4H8N2O/c1-6-4-7-3-2-5-6/h2-3,5H,4H2,1H3. The van der Waals surface area contributed by atoms with Crippen LogP contribution in [0.4, 0.5) is 0 Å². The normalized spacial score (nSPS) is 20.7. The van der Waals surface area contributed by atoms with Gasteiger partial charge in [-0.2, -0.15) is 5.01 Å². The maximum Gasteiger partial charge on any atom is 0.157 e. The molecule has 0 saturated carbocycles. The van der Waals surface area contributed by atoms with Gasteiger partial charge in [0, 0.05) is 13.2 Å². The largest absolute Gasteiger partial charge is 0.483 e. The van der Waals surface area contributed by atoms with Crippen LogP contribution in [-0.2, 0) is 4.74 Å². The lowest BCUT2D eigenvalue weighted by molar-refractivity contribution is 0.0644. The molecule has 0 aromatic heterocycles. The van der Waals surface area contributed by atoms with Crippen molar-refractivity contribution in [1.82, 2.24) is 10.4 Å². The van der Waals surface area contributed by atoms with E-state index < -0.39 is 0 Å². The molecule has 1 heterocycles. The van der Waals surface area contributed by atoms with E-state index >= 15 is 0 Å². The Kier molecular flexibility index (Phi) is 1.17. The topological polar surface area (TPSA) is 24.5 Å². The van der Waals surface area contributed by atoms with Gasteiger partial charge < -0.3 is 10.2 Å². The van der Waals surface area contributed by atoms with Crippen molar-refractivity contribution in [3.05, 3.63) is 12.5 Å². The number of nitrogens with one attached hydrogen (secondary N) is 1. The summed E-state index contributed by atoms with van der Waals surface area (Å²) in [6.45, 7) is 0.622. The maximum absolute atomic E-state index is 4.86. The van der Waals surface area contributed by atoms with E-state index in [0.717, 1.165) is 0 Å². The molecule has 0 spiro atoms. The van der Waals surface area contributed by atoms with Crippen molar-refractivity contribution < 1.29 is 4.74 Å². The maximum atomic E-state index is 4.86. The Labute approximate surface area is 42.5 Å². The number of hydrogen-bond donors (Lipinski definition) is 1. The Morgan fingerprint density at radius 3 is 3.00 bits per heavy atom. The molecular formula is C4H8N2O. The van der Waals surface area contributed by atoms with Gasteiger partial charge in [0.15, 0.2) is 6.73 Å². The fraction of sp³-hybridized carbons (Fsp3) is 0.500. The van der Waals surface area contributed by atoms with Crippen LogP contribution in [-0.4, -0.2) is 18.8 Å². The summed E-state index contributed by atoms with van der Waals surface area (Å²) >= 11 is 0. The molecule has 0 atom stereocenters. The lowest BCUT2D eigenvalue weighted by Gasteiger charge is -2.18. The first-order chi connectivity index (χ1) is 3.39. The Balaban J connectivity index is 2.32. The zero-order valence-electron chi connectivity index (χ0n) is 4.22. The highest BCUT2D eigenvalue weighted by Gasteiger charge is 1.94. The molecule has 0 saturated heterocycles. The predicted octanol–water partition coefficient (Wildman–Crippen LogP) is -0.118. The Morgan fingerprint density at radius 2 is 2.71 bits per heavy atom. The summed E-state index contributed by atoms with van der Waals surface area (Å²) < 4.78 is 4.86. The van der Waals surface area contributed by atoms with Crippen molar-refractivity contribution in [1.29, 1.82) is 0 Å². The van der Waals surface area contributed by atoms with Crippen molar-refractivity contribution in [2.24, 2.45) is 0 Å². The van der Waals surface area contributed by atoms with Crippen LogP contribution in [0.1, 0.15) is 0 Å². The second kappa shape index (κ2) is 1.84. The minimum Gasteiger partial charge on any atom is -0.483 e. The summed E-state index contributed by atoms with van der Waals surface area (Å²) in [7, 11) is 1.91. The summed E-state index contributed by atoms with van der Waals surface area (Å²) in [5.41, 5.74) is 2.91. The zero-order valence-corrected chi connectivity index (χ0v) is 4.22. The van der Waals surface area contributed by atoms with E-state index in [0.29, 0.717) is 6.73 Å². The van der Waals surface area contributed by atoms with Crippen LogP contribution in [0.15, 0.2) is 12.5 Å². The Morgan fingerprint density at radius 1 is 1.86 bits per heavy atom. The van der Waals surface area contributed by atoms with Gasteiger partial charge in [0.05, 0.1) is 0 Å². The number of nitrogens with zero attached hydrogens (tertiary/aromatic N) is 1.